The van der Waals surface area contributed by atoms with Crippen LogP contribution in [0.5, 0.6) is 0 Å². The lowest BCUT2D eigenvalue weighted by atomic mass is 9.51. The summed E-state index contributed by atoms with van der Waals surface area (Å²) >= 11 is 2.17. The first kappa shape index (κ1) is 9.00. The molecule has 1 N–H and O–H groups in total. The molecule has 1 spiro atoms. The molecule has 0 heterocycles. The van der Waals surface area contributed by atoms with Gasteiger partial charge in [-0.15, -0.1) is 0 Å². The topological polar surface area (TPSA) is 20.2 Å². The van der Waals surface area contributed by atoms with Crippen LogP contribution in [0.4, 0.5) is 0 Å². The van der Waals surface area contributed by atoms with E-state index in [4.69, 9.17) is 0 Å². The third-order valence-electron chi connectivity index (χ3n) is 3.56. The van der Waals surface area contributed by atoms with E-state index in [-0.39, 0.29) is 6.10 Å². The molecule has 0 bridgehead atoms. The molecule has 2 aliphatic carbocycles. The smallest absolute Gasteiger partial charge is 0.0756 e. The summed E-state index contributed by atoms with van der Waals surface area (Å²) in [5, 5.41) is 9.63. The fraction of sp³-hybridized carbons (Fsp3) is 0.800. The second-order valence-corrected chi connectivity index (χ2v) is 5.05. The summed E-state index contributed by atoms with van der Waals surface area (Å²) in [6.07, 6.45) is 8.55. The summed E-state index contributed by atoms with van der Waals surface area (Å²) in [5.41, 5.74) is 0.699. The van der Waals surface area contributed by atoms with Crippen LogP contribution < -0.4 is 0 Å². The third-order valence-corrected chi connectivity index (χ3v) is 3.97. The Kier molecular flexibility index (Phi) is 2.47. The summed E-state index contributed by atoms with van der Waals surface area (Å²) in [5.74, 6) is 0.566. The molecule has 1 atom stereocenters. The summed E-state index contributed by atoms with van der Waals surface area (Å²) in [6, 6.07) is 0. The summed E-state index contributed by atoms with van der Waals surface area (Å²) < 4.78 is 1.92. The van der Waals surface area contributed by atoms with Crippen LogP contribution in [-0.2, 0) is 0 Å². The maximum atomic E-state index is 9.63. The van der Waals surface area contributed by atoms with E-state index in [1.807, 2.05) is 10.2 Å². The monoisotopic (exact) mass is 278 g/mol. The largest absolute Gasteiger partial charge is 0.389 e. The van der Waals surface area contributed by atoms with Crippen LogP contribution in [0.15, 0.2) is 10.2 Å². The summed E-state index contributed by atoms with van der Waals surface area (Å²) in [7, 11) is 0. The van der Waals surface area contributed by atoms with Crippen LogP contribution >= 0.6 is 22.6 Å². The van der Waals surface area contributed by atoms with Gasteiger partial charge < -0.3 is 5.11 Å². The molecule has 68 valence electrons. The first-order chi connectivity index (χ1) is 5.76. The Balaban J connectivity index is 1.80. The van der Waals surface area contributed by atoms with Crippen molar-refractivity contribution >= 4 is 22.6 Å². The molecule has 0 amide bonds. The van der Waals surface area contributed by atoms with Crippen molar-refractivity contribution in [3.63, 3.8) is 0 Å². The van der Waals surface area contributed by atoms with Gasteiger partial charge in [0.15, 0.2) is 0 Å². The van der Waals surface area contributed by atoms with Gasteiger partial charge in [0.05, 0.1) is 6.10 Å². The molecule has 0 aromatic heterocycles. The van der Waals surface area contributed by atoms with Gasteiger partial charge in [0, 0.05) is 0 Å². The van der Waals surface area contributed by atoms with Gasteiger partial charge in [0.1, 0.15) is 0 Å². The summed E-state index contributed by atoms with van der Waals surface area (Å²) in [4.78, 5) is 0. The van der Waals surface area contributed by atoms with Crippen LogP contribution in [0, 0.1) is 11.3 Å². The van der Waals surface area contributed by atoms with Crippen molar-refractivity contribution in [1.82, 2.24) is 0 Å². The molecular weight excluding hydrogens is 263 g/mol. The maximum absolute atomic E-state index is 9.63. The van der Waals surface area contributed by atoms with Crippen LogP contribution in [0.25, 0.3) is 0 Å². The molecule has 0 aliphatic heterocycles. The molecule has 1 nitrogen and oxygen atoms in total. The number of rotatable bonds is 2. The quantitative estimate of drug-likeness (QED) is 0.770. The lowest BCUT2D eigenvalue weighted by molar-refractivity contribution is -0.0657. The number of aliphatic hydroxyl groups is 1. The second kappa shape index (κ2) is 3.29. The average molecular weight is 278 g/mol. The Morgan fingerprint density at radius 1 is 1.42 bits per heavy atom. The first-order valence-corrected chi connectivity index (χ1v) is 5.95. The van der Waals surface area contributed by atoms with Gasteiger partial charge in [-0.05, 0) is 47.2 Å². The van der Waals surface area contributed by atoms with Crippen LogP contribution in [0.3, 0.4) is 0 Å². The molecule has 0 saturated heterocycles. The second-order valence-electron chi connectivity index (χ2n) is 4.33. The van der Waals surface area contributed by atoms with Crippen molar-refractivity contribution < 1.29 is 5.11 Å². The minimum atomic E-state index is -0.173. The predicted octanol–water partition coefficient (Wildman–Crippen LogP) is 2.88. The van der Waals surface area contributed by atoms with Gasteiger partial charge in [-0.2, -0.15) is 0 Å². The van der Waals surface area contributed by atoms with Gasteiger partial charge >= 0.3 is 0 Å². The van der Waals surface area contributed by atoms with Gasteiger partial charge in [-0.1, -0.05) is 29.0 Å². The highest BCUT2D eigenvalue weighted by Gasteiger charge is 2.49. The molecule has 0 aromatic rings. The van der Waals surface area contributed by atoms with Crippen molar-refractivity contribution in [3.8, 4) is 0 Å². The lowest BCUT2D eigenvalue weighted by Crippen LogP contribution is -2.46. The first-order valence-electron chi connectivity index (χ1n) is 4.71. The molecule has 0 aromatic carbocycles. The van der Waals surface area contributed by atoms with Crippen molar-refractivity contribution in [3.05, 3.63) is 10.2 Å². The maximum Gasteiger partial charge on any atom is 0.0756 e. The Morgan fingerprint density at radius 3 is 2.50 bits per heavy atom. The Labute approximate surface area is 87.4 Å². The van der Waals surface area contributed by atoms with Gasteiger partial charge in [-0.3, -0.25) is 0 Å². The van der Waals surface area contributed by atoms with Crippen LogP contribution in [0.2, 0.25) is 0 Å². The number of hydrogen-bond acceptors (Lipinski definition) is 1. The van der Waals surface area contributed by atoms with Crippen molar-refractivity contribution in [2.45, 2.75) is 38.2 Å². The van der Waals surface area contributed by atoms with Crippen LogP contribution in [0.1, 0.15) is 32.1 Å². The average Bonchev–Trinajstić information content (AvgIpc) is 1.81. The van der Waals surface area contributed by atoms with Crippen molar-refractivity contribution in [2.75, 3.05) is 0 Å². The van der Waals surface area contributed by atoms with Gasteiger partial charge in [-0.25, -0.2) is 0 Å². The van der Waals surface area contributed by atoms with E-state index in [2.05, 4.69) is 22.6 Å². The molecule has 0 radical (unpaired) electrons. The van der Waals surface area contributed by atoms with Crippen molar-refractivity contribution in [1.29, 1.82) is 0 Å². The van der Waals surface area contributed by atoms with E-state index in [0.717, 1.165) is 0 Å². The molecule has 2 heteroatoms. The van der Waals surface area contributed by atoms with E-state index in [1.165, 1.54) is 32.1 Å². The van der Waals surface area contributed by atoms with Crippen molar-refractivity contribution in [2.24, 2.45) is 11.3 Å². The minimum Gasteiger partial charge on any atom is -0.389 e. The Hall–Kier alpha value is 0.430. The van der Waals surface area contributed by atoms with E-state index in [9.17, 15) is 5.11 Å². The van der Waals surface area contributed by atoms with Gasteiger partial charge in [0.25, 0.3) is 0 Å². The molecule has 2 fully saturated rings. The summed E-state index contributed by atoms with van der Waals surface area (Å²) in [6.45, 7) is 0. The molecule has 2 saturated carbocycles. The standard InChI is InChI=1S/C10H15IO/c11-5-2-9(12)8-6-10(7-8)3-1-4-10/h2,5,8-9,12H,1,3-4,6-7H2/b5-2+. The SMILES string of the molecule is OC(/C=C/I)C1CC2(CCC2)C1. The lowest BCUT2D eigenvalue weighted by Gasteiger charge is -2.55. The molecule has 2 aliphatic rings. The number of halogens is 1. The molecular formula is C10H15IO. The molecule has 12 heavy (non-hydrogen) atoms. The Morgan fingerprint density at radius 2 is 2.08 bits per heavy atom. The zero-order valence-electron chi connectivity index (χ0n) is 7.17. The van der Waals surface area contributed by atoms with E-state index in [1.54, 1.807) is 0 Å². The fourth-order valence-electron chi connectivity index (χ4n) is 2.61. The zero-order valence-corrected chi connectivity index (χ0v) is 9.33. The highest BCUT2D eigenvalue weighted by molar-refractivity contribution is 14.1. The normalized spacial score (nSPS) is 30.2. The highest BCUT2D eigenvalue weighted by Crippen LogP contribution is 2.59. The van der Waals surface area contributed by atoms with Crippen LogP contribution in [-0.4, -0.2) is 11.2 Å². The number of hydrogen-bond donors (Lipinski definition) is 1. The van der Waals surface area contributed by atoms with Gasteiger partial charge in [0.2, 0.25) is 0 Å². The Bertz CT molecular complexity index is 188. The molecule has 1 unspecified atom stereocenters. The minimum absolute atomic E-state index is 0.173. The zero-order chi connectivity index (χ0) is 8.60. The molecule has 2 rings (SSSR count). The third kappa shape index (κ3) is 1.43. The number of aliphatic hydroxyl groups excluding tert-OH is 1. The predicted molar refractivity (Wildman–Crippen MR) is 58.2 cm³/mol. The van der Waals surface area contributed by atoms with E-state index >= 15 is 0 Å². The van der Waals surface area contributed by atoms with E-state index in [0.29, 0.717) is 11.3 Å². The van der Waals surface area contributed by atoms with E-state index < -0.39 is 0 Å². The highest BCUT2D eigenvalue weighted by atomic mass is 127. The fourth-order valence-corrected chi connectivity index (χ4v) is 3.04.